The Morgan fingerprint density at radius 2 is 1.69 bits per heavy atom. The van der Waals surface area contributed by atoms with E-state index in [-0.39, 0.29) is 11.6 Å². The molecule has 0 spiro atoms. The highest BCUT2D eigenvalue weighted by molar-refractivity contribution is 8.00. The minimum atomic E-state index is -0.571. The molecule has 3 N–H and O–H groups in total. The fourth-order valence-corrected chi connectivity index (χ4v) is 4.35. The summed E-state index contributed by atoms with van der Waals surface area (Å²) in [7, 11) is 0. The molecule has 0 aliphatic rings. The number of aryl methyl sites for hydroxylation is 1. The second-order valence-electron chi connectivity index (χ2n) is 8.48. The van der Waals surface area contributed by atoms with E-state index in [9.17, 15) is 18.8 Å². The molecule has 198 valence electrons. The van der Waals surface area contributed by atoms with Crippen LogP contribution in [0.15, 0.2) is 100 Å². The van der Waals surface area contributed by atoms with Crippen LogP contribution in [0.5, 0.6) is 0 Å². The first kappa shape index (κ1) is 27.3. The predicted molar refractivity (Wildman–Crippen MR) is 149 cm³/mol. The van der Waals surface area contributed by atoms with Gasteiger partial charge in [0.1, 0.15) is 17.3 Å². The van der Waals surface area contributed by atoms with Gasteiger partial charge in [-0.2, -0.15) is 0 Å². The van der Waals surface area contributed by atoms with Gasteiger partial charge in [0.05, 0.1) is 5.25 Å². The molecule has 0 radical (unpaired) electrons. The van der Waals surface area contributed by atoms with E-state index in [0.29, 0.717) is 28.4 Å². The molecule has 1 unspecified atom stereocenters. The molecule has 1 aromatic heterocycles. The Bertz CT molecular complexity index is 1500. The van der Waals surface area contributed by atoms with E-state index in [1.807, 2.05) is 6.07 Å². The van der Waals surface area contributed by atoms with Gasteiger partial charge in [-0.3, -0.25) is 14.4 Å². The van der Waals surface area contributed by atoms with E-state index in [0.717, 1.165) is 4.90 Å². The van der Waals surface area contributed by atoms with Crippen LogP contribution in [0.2, 0.25) is 0 Å². The lowest BCUT2D eigenvalue weighted by Crippen LogP contribution is -2.30. The number of nitrogens with one attached hydrogen (secondary N) is 3. The van der Waals surface area contributed by atoms with E-state index in [2.05, 4.69) is 21.1 Å². The lowest BCUT2D eigenvalue weighted by Gasteiger charge is -2.13. The Labute approximate surface area is 228 Å². The molecule has 0 bridgehead atoms. The lowest BCUT2D eigenvalue weighted by molar-refractivity contribution is -0.115. The number of carbonyl (C=O) groups is 3. The van der Waals surface area contributed by atoms with Crippen molar-refractivity contribution in [3.63, 3.8) is 0 Å². The quantitative estimate of drug-likeness (QED) is 0.185. The molecule has 4 aromatic rings. The SMILES string of the molecule is Cc1cc(NC(=O)C(C)Sc2cccc(NC(=O)/C(=C/c3ccc(F)cc3)NC(=O)c3ccccc3)c2)no1. The van der Waals surface area contributed by atoms with E-state index in [1.54, 1.807) is 68.4 Å². The first-order valence-electron chi connectivity index (χ1n) is 11.9. The van der Waals surface area contributed by atoms with Crippen molar-refractivity contribution in [1.29, 1.82) is 0 Å². The maximum Gasteiger partial charge on any atom is 0.272 e. The van der Waals surface area contributed by atoms with Crippen LogP contribution in [0.3, 0.4) is 0 Å². The zero-order valence-corrected chi connectivity index (χ0v) is 21.9. The minimum Gasteiger partial charge on any atom is -0.360 e. The Kier molecular flexibility index (Phi) is 8.90. The van der Waals surface area contributed by atoms with Crippen molar-refractivity contribution in [1.82, 2.24) is 10.5 Å². The van der Waals surface area contributed by atoms with Crippen LogP contribution < -0.4 is 16.0 Å². The van der Waals surface area contributed by atoms with Gasteiger partial charge in [-0.15, -0.1) is 11.8 Å². The zero-order valence-electron chi connectivity index (χ0n) is 21.1. The Balaban J connectivity index is 1.48. The fraction of sp³-hybridized carbons (Fsp3) is 0.103. The standard InChI is InChI=1S/C29H25FN4O4S/c1-18-15-26(34-38-18)33-27(35)19(2)39-24-10-6-9-23(17-24)31-29(37)25(16-20-11-13-22(30)14-12-20)32-28(36)21-7-4-3-5-8-21/h3-17,19H,1-2H3,(H,31,37)(H,32,36)(H,33,34,35)/b25-16-. The van der Waals surface area contributed by atoms with Gasteiger partial charge in [-0.05, 0) is 68.0 Å². The number of amides is 3. The molecule has 8 nitrogen and oxygen atoms in total. The molecule has 10 heteroatoms. The van der Waals surface area contributed by atoms with E-state index < -0.39 is 22.9 Å². The van der Waals surface area contributed by atoms with Gasteiger partial charge in [-0.25, -0.2) is 4.39 Å². The summed E-state index contributed by atoms with van der Waals surface area (Å²) in [6.45, 7) is 3.48. The maximum atomic E-state index is 13.4. The highest BCUT2D eigenvalue weighted by atomic mass is 32.2. The summed E-state index contributed by atoms with van der Waals surface area (Å²) in [6, 6.07) is 22.6. The van der Waals surface area contributed by atoms with Gasteiger partial charge < -0.3 is 20.5 Å². The molecule has 0 saturated carbocycles. The lowest BCUT2D eigenvalue weighted by atomic mass is 10.1. The third-order valence-corrected chi connectivity index (χ3v) is 6.46. The molecule has 3 aromatic carbocycles. The molecule has 1 atom stereocenters. The highest BCUT2D eigenvalue weighted by Crippen LogP contribution is 2.27. The molecule has 0 aliphatic heterocycles. The number of hydrogen-bond donors (Lipinski definition) is 3. The average molecular weight is 545 g/mol. The van der Waals surface area contributed by atoms with Gasteiger partial charge in [-0.1, -0.05) is 41.6 Å². The van der Waals surface area contributed by atoms with Crippen molar-refractivity contribution in [3.8, 4) is 0 Å². The minimum absolute atomic E-state index is 0.0239. The molecule has 1 heterocycles. The monoisotopic (exact) mass is 544 g/mol. The summed E-state index contributed by atoms with van der Waals surface area (Å²) >= 11 is 1.30. The van der Waals surface area contributed by atoms with Gasteiger partial charge >= 0.3 is 0 Å². The van der Waals surface area contributed by atoms with Crippen LogP contribution in [0.1, 0.15) is 28.6 Å². The summed E-state index contributed by atoms with van der Waals surface area (Å²) in [4.78, 5) is 39.3. The number of carbonyl (C=O) groups excluding carboxylic acids is 3. The average Bonchev–Trinajstić information content (AvgIpc) is 3.34. The number of hydrogen-bond acceptors (Lipinski definition) is 6. The van der Waals surface area contributed by atoms with E-state index >= 15 is 0 Å². The summed E-state index contributed by atoms with van der Waals surface area (Å²) in [5, 5.41) is 11.4. The largest absolute Gasteiger partial charge is 0.360 e. The Morgan fingerprint density at radius 3 is 2.38 bits per heavy atom. The normalized spacial score (nSPS) is 11.9. The summed E-state index contributed by atoms with van der Waals surface area (Å²) in [5.74, 6) is -0.787. The topological polar surface area (TPSA) is 113 Å². The molecule has 4 rings (SSSR count). The van der Waals surface area contributed by atoms with Gasteiger partial charge in [0.25, 0.3) is 11.8 Å². The second kappa shape index (κ2) is 12.7. The fourth-order valence-electron chi connectivity index (χ4n) is 3.42. The summed E-state index contributed by atoms with van der Waals surface area (Å²) in [5.41, 5.74) is 1.34. The van der Waals surface area contributed by atoms with Crippen LogP contribution in [0.25, 0.3) is 6.08 Å². The van der Waals surface area contributed by atoms with Crippen molar-refractivity contribution >= 4 is 47.1 Å². The molecular formula is C29H25FN4O4S. The smallest absolute Gasteiger partial charge is 0.272 e. The first-order chi connectivity index (χ1) is 18.8. The molecular weight excluding hydrogens is 519 g/mol. The Hall–Kier alpha value is -4.70. The second-order valence-corrected chi connectivity index (χ2v) is 9.90. The first-order valence-corrected chi connectivity index (χ1v) is 12.8. The van der Waals surface area contributed by atoms with Crippen LogP contribution in [-0.2, 0) is 9.59 Å². The van der Waals surface area contributed by atoms with Crippen molar-refractivity contribution in [2.24, 2.45) is 0 Å². The number of benzene rings is 3. The van der Waals surface area contributed by atoms with Crippen LogP contribution >= 0.6 is 11.8 Å². The van der Waals surface area contributed by atoms with Crippen LogP contribution in [0.4, 0.5) is 15.9 Å². The predicted octanol–water partition coefficient (Wildman–Crippen LogP) is 5.65. The molecule has 0 aliphatic carbocycles. The van der Waals surface area contributed by atoms with Crippen LogP contribution in [-0.4, -0.2) is 28.1 Å². The number of nitrogens with zero attached hydrogens (tertiary/aromatic N) is 1. The molecule has 39 heavy (non-hydrogen) atoms. The number of aromatic nitrogens is 1. The van der Waals surface area contributed by atoms with Crippen molar-refractivity contribution in [2.45, 2.75) is 24.0 Å². The molecule has 3 amide bonds. The maximum absolute atomic E-state index is 13.4. The zero-order chi connectivity index (χ0) is 27.8. The van der Waals surface area contributed by atoms with E-state index in [1.165, 1.54) is 42.1 Å². The number of thioether (sulfide) groups is 1. The highest BCUT2D eigenvalue weighted by Gasteiger charge is 2.18. The number of anilines is 2. The van der Waals surface area contributed by atoms with Gasteiger partial charge in [0.2, 0.25) is 5.91 Å². The molecule has 0 fully saturated rings. The van der Waals surface area contributed by atoms with E-state index in [4.69, 9.17) is 4.52 Å². The van der Waals surface area contributed by atoms with Gasteiger partial charge in [0, 0.05) is 22.2 Å². The third-order valence-electron chi connectivity index (χ3n) is 5.36. The van der Waals surface area contributed by atoms with Crippen molar-refractivity contribution in [3.05, 3.63) is 113 Å². The van der Waals surface area contributed by atoms with Crippen LogP contribution in [0, 0.1) is 12.7 Å². The Morgan fingerprint density at radius 1 is 0.949 bits per heavy atom. The number of rotatable bonds is 9. The van der Waals surface area contributed by atoms with Crippen molar-refractivity contribution < 1.29 is 23.3 Å². The summed E-state index contributed by atoms with van der Waals surface area (Å²) < 4.78 is 18.4. The van der Waals surface area contributed by atoms with Gasteiger partial charge in [0.15, 0.2) is 5.82 Å². The third kappa shape index (κ3) is 7.89. The molecule has 0 saturated heterocycles. The number of halogens is 1. The summed E-state index contributed by atoms with van der Waals surface area (Å²) in [6.07, 6.45) is 1.46. The van der Waals surface area contributed by atoms with Crippen molar-refractivity contribution in [2.75, 3.05) is 10.6 Å².